The summed E-state index contributed by atoms with van der Waals surface area (Å²) in [7, 11) is 2.72. The van der Waals surface area contributed by atoms with Gasteiger partial charge in [-0.25, -0.2) is 10.5 Å². The minimum atomic E-state index is -0.881. The van der Waals surface area contributed by atoms with Gasteiger partial charge in [-0.1, -0.05) is 34.4 Å². The second kappa shape index (κ2) is 8.84. The van der Waals surface area contributed by atoms with Gasteiger partial charge in [0.2, 0.25) is 11.8 Å². The fraction of sp³-hybridized carbons (Fsp3) is 0.824. The third-order valence-electron chi connectivity index (χ3n) is 4.51. The van der Waals surface area contributed by atoms with Crippen molar-refractivity contribution in [2.45, 2.75) is 64.1 Å². The Morgan fingerprint density at radius 3 is 2.42 bits per heavy atom. The molecule has 1 aliphatic heterocycles. The number of nitrogens with one attached hydrogen (secondary N) is 3. The van der Waals surface area contributed by atoms with Crippen molar-refractivity contribution in [2.75, 3.05) is 18.1 Å². The van der Waals surface area contributed by atoms with E-state index in [0.717, 1.165) is 12.8 Å². The molecule has 2 aliphatic rings. The fourth-order valence-electron chi connectivity index (χ4n) is 3.08. The van der Waals surface area contributed by atoms with Gasteiger partial charge in [0.1, 0.15) is 17.7 Å². The molecule has 2 amide bonds. The van der Waals surface area contributed by atoms with Crippen molar-refractivity contribution in [3.8, 4) is 0 Å². The average molecular weight is 403 g/mol. The number of amides is 2. The summed E-state index contributed by atoms with van der Waals surface area (Å²) >= 11 is 0. The smallest absolute Gasteiger partial charge is 0.330 e. The molecule has 1 aliphatic carbocycles. The number of hydrogen-bond donors (Lipinski definition) is 2. The molecular formula is C17H28N3O4S2. The summed E-state index contributed by atoms with van der Waals surface area (Å²) in [6.07, 6.45) is 3.17. The maximum Gasteiger partial charge on any atom is 0.330 e. The molecule has 0 bridgehead atoms. The van der Waals surface area contributed by atoms with Crippen LogP contribution in [-0.4, -0.2) is 53.5 Å². The van der Waals surface area contributed by atoms with Crippen LogP contribution in [0.5, 0.6) is 0 Å². The molecule has 1 heterocycles. The van der Waals surface area contributed by atoms with Gasteiger partial charge in [-0.15, -0.1) is 0 Å². The van der Waals surface area contributed by atoms with Crippen LogP contribution in [0, 0.1) is 5.41 Å². The molecule has 1 saturated heterocycles. The molecule has 3 N–H and O–H groups in total. The second-order valence-corrected chi connectivity index (χ2v) is 10.4. The first-order valence-corrected chi connectivity index (χ1v) is 11.4. The summed E-state index contributed by atoms with van der Waals surface area (Å²) in [6.45, 7) is 5.60. The predicted molar refractivity (Wildman–Crippen MR) is 103 cm³/mol. The minimum absolute atomic E-state index is 0.209. The van der Waals surface area contributed by atoms with Gasteiger partial charge >= 0.3 is 5.97 Å². The van der Waals surface area contributed by atoms with Crippen molar-refractivity contribution in [3.63, 3.8) is 0 Å². The Kier molecular flexibility index (Phi) is 7.27. The number of carbonyl (C=O) groups excluding carboxylic acids is 3. The summed E-state index contributed by atoms with van der Waals surface area (Å²) in [5.74, 6) is -0.329. The number of rotatable bonds is 1. The zero-order valence-electron chi connectivity index (χ0n) is 15.6. The van der Waals surface area contributed by atoms with Gasteiger partial charge in [-0.05, 0) is 33.6 Å². The van der Waals surface area contributed by atoms with Crippen LogP contribution in [0.2, 0.25) is 0 Å². The van der Waals surface area contributed by atoms with Crippen molar-refractivity contribution in [2.24, 2.45) is 5.41 Å². The lowest BCUT2D eigenvalue weighted by Gasteiger charge is -2.31. The van der Waals surface area contributed by atoms with E-state index in [4.69, 9.17) is 10.5 Å². The van der Waals surface area contributed by atoms with Gasteiger partial charge in [0.15, 0.2) is 0 Å². The lowest BCUT2D eigenvalue weighted by Crippen LogP contribution is -2.54. The second-order valence-electron chi connectivity index (χ2n) is 7.89. The Bertz CT molecular complexity index is 545. The number of esters is 1. The van der Waals surface area contributed by atoms with Crippen LogP contribution < -0.4 is 16.4 Å². The van der Waals surface area contributed by atoms with E-state index in [2.05, 4.69) is 10.6 Å². The topological polar surface area (TPSA) is 108 Å². The Labute approximate surface area is 162 Å². The molecule has 9 heteroatoms. The van der Waals surface area contributed by atoms with Crippen LogP contribution in [0.1, 0.15) is 46.5 Å². The Hall–Kier alpha value is -0.930. The summed E-state index contributed by atoms with van der Waals surface area (Å²) in [5, 5.41) is 5.64. The minimum Gasteiger partial charge on any atom is -0.458 e. The van der Waals surface area contributed by atoms with Gasteiger partial charge in [0.05, 0.1) is 5.41 Å². The maximum absolute atomic E-state index is 13.0. The number of hydrogen-bond acceptors (Lipinski definition) is 6. The molecule has 1 radical (unpaired) electrons. The van der Waals surface area contributed by atoms with Crippen LogP contribution in [-0.2, 0) is 19.1 Å². The maximum atomic E-state index is 13.0. The summed E-state index contributed by atoms with van der Waals surface area (Å²) < 4.78 is 5.46. The number of ether oxygens (including phenoxy) is 1. The average Bonchev–Trinajstić information content (AvgIpc) is 3.02. The van der Waals surface area contributed by atoms with E-state index in [1.54, 1.807) is 20.8 Å². The molecule has 1 spiro atoms. The highest BCUT2D eigenvalue weighted by Gasteiger charge is 2.43. The highest BCUT2D eigenvalue weighted by Crippen LogP contribution is 2.38. The summed E-state index contributed by atoms with van der Waals surface area (Å²) in [6, 6.07) is -1.62. The van der Waals surface area contributed by atoms with Gasteiger partial charge in [0, 0.05) is 18.1 Å². The third kappa shape index (κ3) is 5.79. The van der Waals surface area contributed by atoms with E-state index in [-0.39, 0.29) is 18.4 Å². The molecule has 0 aromatic rings. The molecule has 0 aromatic heterocycles. The molecule has 7 nitrogen and oxygen atoms in total. The molecule has 1 unspecified atom stereocenters. The quantitative estimate of drug-likeness (QED) is 0.509. The van der Waals surface area contributed by atoms with E-state index in [9.17, 15) is 14.4 Å². The zero-order valence-corrected chi connectivity index (χ0v) is 17.2. The highest BCUT2D eigenvalue weighted by atomic mass is 33.1. The van der Waals surface area contributed by atoms with Crippen LogP contribution in [0.4, 0.5) is 0 Å². The van der Waals surface area contributed by atoms with E-state index in [1.165, 1.54) is 21.6 Å². The number of carbonyl (C=O) groups is 3. The zero-order chi connectivity index (χ0) is 19.4. The van der Waals surface area contributed by atoms with E-state index >= 15 is 0 Å². The van der Waals surface area contributed by atoms with Gasteiger partial charge in [-0.2, -0.15) is 0 Å². The first-order chi connectivity index (χ1) is 12.1. The third-order valence-corrected chi connectivity index (χ3v) is 6.93. The largest absolute Gasteiger partial charge is 0.458 e. The van der Waals surface area contributed by atoms with Crippen LogP contribution in [0.15, 0.2) is 0 Å². The monoisotopic (exact) mass is 402 g/mol. The SMILES string of the molecule is CC(C)(C)OC(=O)[C@H]1CSSCC([NH])C(=O)NCC2(CCCC2)C(=O)N1. The molecule has 2 fully saturated rings. The van der Waals surface area contributed by atoms with E-state index in [0.29, 0.717) is 24.3 Å². The predicted octanol–water partition coefficient (Wildman–Crippen LogP) is 1.54. The molecule has 2 rings (SSSR count). The van der Waals surface area contributed by atoms with Gasteiger partial charge in [0.25, 0.3) is 0 Å². The first-order valence-electron chi connectivity index (χ1n) is 8.90. The van der Waals surface area contributed by atoms with Gasteiger partial charge < -0.3 is 15.4 Å². The lowest BCUT2D eigenvalue weighted by molar-refractivity contribution is -0.158. The lowest BCUT2D eigenvalue weighted by atomic mass is 9.84. The van der Waals surface area contributed by atoms with Crippen molar-refractivity contribution in [1.29, 1.82) is 0 Å². The summed E-state index contributed by atoms with van der Waals surface area (Å²) in [5.41, 5.74) is 6.60. The van der Waals surface area contributed by atoms with Crippen LogP contribution in [0.3, 0.4) is 0 Å². The first kappa shape index (κ1) is 21.4. The van der Waals surface area contributed by atoms with Crippen molar-refractivity contribution < 1.29 is 19.1 Å². The molecule has 26 heavy (non-hydrogen) atoms. The van der Waals surface area contributed by atoms with E-state index < -0.39 is 29.1 Å². The van der Waals surface area contributed by atoms with Crippen LogP contribution >= 0.6 is 21.6 Å². The Morgan fingerprint density at radius 1 is 1.19 bits per heavy atom. The van der Waals surface area contributed by atoms with E-state index in [1.807, 2.05) is 0 Å². The molecule has 147 valence electrons. The Morgan fingerprint density at radius 2 is 1.81 bits per heavy atom. The van der Waals surface area contributed by atoms with Gasteiger partial charge in [-0.3, -0.25) is 9.59 Å². The standard InChI is InChI=1S/C17H28N3O4S2/c1-16(2,3)24-14(22)12-9-26-25-8-11(18)13(21)19-10-17(15(23)20-12)6-4-5-7-17/h11-12,18H,4-10H2,1-3H3,(H,19,21)(H,20,23)/t11?,12-/m1/s1. The molecule has 2 atom stereocenters. The molecular weight excluding hydrogens is 374 g/mol. The Balaban J connectivity index is 2.18. The van der Waals surface area contributed by atoms with Crippen molar-refractivity contribution in [3.05, 3.63) is 0 Å². The normalized spacial score (nSPS) is 27.8. The summed E-state index contributed by atoms with van der Waals surface area (Å²) in [4.78, 5) is 37.6. The molecule has 1 saturated carbocycles. The fourth-order valence-corrected chi connectivity index (χ4v) is 5.31. The van der Waals surface area contributed by atoms with Crippen LogP contribution in [0.25, 0.3) is 0 Å². The van der Waals surface area contributed by atoms with Crippen molar-refractivity contribution in [1.82, 2.24) is 16.4 Å². The van der Waals surface area contributed by atoms with Crippen molar-refractivity contribution >= 4 is 39.4 Å². The molecule has 0 aromatic carbocycles. The highest BCUT2D eigenvalue weighted by molar-refractivity contribution is 8.76.